The van der Waals surface area contributed by atoms with E-state index in [-0.39, 0.29) is 0 Å². The summed E-state index contributed by atoms with van der Waals surface area (Å²) in [6.07, 6.45) is 7.69. The molecule has 6 heteroatoms. The van der Waals surface area contributed by atoms with Gasteiger partial charge >= 0.3 is 0 Å². The minimum absolute atomic E-state index is 0.354. The highest BCUT2D eigenvalue weighted by Gasteiger charge is 2.33. The Kier molecular flexibility index (Phi) is 10.5. The van der Waals surface area contributed by atoms with Crippen molar-refractivity contribution in [2.45, 2.75) is 52.4 Å². The minimum atomic E-state index is 0.354. The van der Waals surface area contributed by atoms with Crippen LogP contribution < -0.4 is 10.6 Å². The Morgan fingerprint density at radius 2 is 1.85 bits per heavy atom. The van der Waals surface area contributed by atoms with Gasteiger partial charge in [0, 0.05) is 52.5 Å². The van der Waals surface area contributed by atoms with E-state index in [4.69, 9.17) is 9.73 Å². The number of guanidine groups is 1. The van der Waals surface area contributed by atoms with E-state index in [0.29, 0.717) is 5.41 Å². The van der Waals surface area contributed by atoms with Crippen LogP contribution in [0, 0.1) is 5.41 Å². The van der Waals surface area contributed by atoms with E-state index < -0.39 is 0 Å². The summed E-state index contributed by atoms with van der Waals surface area (Å²) in [5.41, 5.74) is 0.354. The fourth-order valence-corrected chi connectivity index (χ4v) is 4.29. The highest BCUT2D eigenvalue weighted by molar-refractivity contribution is 5.79. The molecule has 0 amide bonds. The van der Waals surface area contributed by atoms with Gasteiger partial charge in [-0.15, -0.1) is 0 Å². The number of hydrogen-bond donors (Lipinski definition) is 2. The minimum Gasteiger partial charge on any atom is -0.382 e. The summed E-state index contributed by atoms with van der Waals surface area (Å²) < 4.78 is 5.64. The SMILES string of the molecule is CCNC(=NCC1(CCOCC)CCCC1)NCCN1CCCN(C)CC1. The van der Waals surface area contributed by atoms with Crippen molar-refractivity contribution < 1.29 is 4.74 Å². The molecule has 2 rings (SSSR count). The van der Waals surface area contributed by atoms with Gasteiger partial charge in [-0.05, 0) is 65.1 Å². The summed E-state index contributed by atoms with van der Waals surface area (Å²) in [4.78, 5) is 9.97. The van der Waals surface area contributed by atoms with Crippen LogP contribution in [0.3, 0.4) is 0 Å². The molecule has 0 radical (unpaired) electrons. The van der Waals surface area contributed by atoms with E-state index in [0.717, 1.165) is 51.8 Å². The summed E-state index contributed by atoms with van der Waals surface area (Å²) >= 11 is 0. The van der Waals surface area contributed by atoms with Crippen LogP contribution in [0.2, 0.25) is 0 Å². The van der Waals surface area contributed by atoms with Crippen molar-refractivity contribution >= 4 is 5.96 Å². The second-order valence-electron chi connectivity index (χ2n) is 8.27. The molecular formula is C21H43N5O. The third kappa shape index (κ3) is 8.36. The Labute approximate surface area is 167 Å². The molecule has 158 valence electrons. The van der Waals surface area contributed by atoms with Gasteiger partial charge < -0.3 is 25.2 Å². The molecular weight excluding hydrogens is 338 g/mol. The smallest absolute Gasteiger partial charge is 0.191 e. The summed E-state index contributed by atoms with van der Waals surface area (Å²) in [6.45, 7) is 14.6. The van der Waals surface area contributed by atoms with Crippen LogP contribution in [-0.2, 0) is 4.74 Å². The molecule has 1 aliphatic heterocycles. The van der Waals surface area contributed by atoms with E-state index in [2.05, 4.69) is 41.3 Å². The van der Waals surface area contributed by atoms with Gasteiger partial charge in [-0.1, -0.05) is 12.8 Å². The number of aliphatic imine (C=N–C) groups is 1. The molecule has 1 saturated carbocycles. The molecule has 2 fully saturated rings. The Hall–Kier alpha value is -0.850. The average molecular weight is 382 g/mol. The van der Waals surface area contributed by atoms with Crippen LogP contribution in [0.5, 0.6) is 0 Å². The summed E-state index contributed by atoms with van der Waals surface area (Å²) in [5, 5.41) is 6.99. The van der Waals surface area contributed by atoms with Crippen LogP contribution in [0.25, 0.3) is 0 Å². The quantitative estimate of drug-likeness (QED) is 0.345. The van der Waals surface area contributed by atoms with Crippen LogP contribution >= 0.6 is 0 Å². The molecule has 0 aromatic heterocycles. The Bertz CT molecular complexity index is 423. The maximum atomic E-state index is 5.64. The molecule has 2 N–H and O–H groups in total. The van der Waals surface area contributed by atoms with E-state index in [1.165, 1.54) is 58.3 Å². The highest BCUT2D eigenvalue weighted by atomic mass is 16.5. The molecule has 1 saturated heterocycles. The van der Waals surface area contributed by atoms with Gasteiger partial charge in [0.05, 0.1) is 0 Å². The molecule has 0 aromatic carbocycles. The lowest BCUT2D eigenvalue weighted by Crippen LogP contribution is -2.43. The fourth-order valence-electron chi connectivity index (χ4n) is 4.29. The largest absolute Gasteiger partial charge is 0.382 e. The summed E-state index contributed by atoms with van der Waals surface area (Å²) in [7, 11) is 2.22. The van der Waals surface area contributed by atoms with Gasteiger partial charge in [-0.3, -0.25) is 4.99 Å². The van der Waals surface area contributed by atoms with Gasteiger partial charge in [0.15, 0.2) is 5.96 Å². The highest BCUT2D eigenvalue weighted by Crippen LogP contribution is 2.41. The van der Waals surface area contributed by atoms with Gasteiger partial charge in [-0.2, -0.15) is 0 Å². The van der Waals surface area contributed by atoms with Crippen molar-refractivity contribution in [3.63, 3.8) is 0 Å². The topological polar surface area (TPSA) is 52.1 Å². The van der Waals surface area contributed by atoms with E-state index >= 15 is 0 Å². The molecule has 1 aliphatic carbocycles. The molecule has 1 heterocycles. The second kappa shape index (κ2) is 12.6. The van der Waals surface area contributed by atoms with Crippen LogP contribution in [-0.4, -0.2) is 88.4 Å². The van der Waals surface area contributed by atoms with Crippen molar-refractivity contribution in [1.29, 1.82) is 0 Å². The van der Waals surface area contributed by atoms with E-state index in [1.807, 2.05) is 0 Å². The zero-order valence-electron chi connectivity index (χ0n) is 18.1. The molecule has 6 nitrogen and oxygen atoms in total. The summed E-state index contributed by atoms with van der Waals surface area (Å²) in [5.74, 6) is 0.979. The first-order chi connectivity index (χ1) is 13.2. The Morgan fingerprint density at radius 3 is 2.59 bits per heavy atom. The predicted octanol–water partition coefficient (Wildman–Crippen LogP) is 2.17. The Morgan fingerprint density at radius 1 is 1.04 bits per heavy atom. The molecule has 0 spiro atoms. The van der Waals surface area contributed by atoms with E-state index in [1.54, 1.807) is 0 Å². The predicted molar refractivity (Wildman–Crippen MR) is 115 cm³/mol. The van der Waals surface area contributed by atoms with Gasteiger partial charge in [0.2, 0.25) is 0 Å². The molecule has 2 aliphatic rings. The van der Waals surface area contributed by atoms with Crippen LogP contribution in [0.4, 0.5) is 0 Å². The normalized spacial score (nSPS) is 22.0. The van der Waals surface area contributed by atoms with Crippen molar-refractivity contribution in [3.8, 4) is 0 Å². The third-order valence-electron chi connectivity index (χ3n) is 6.09. The van der Waals surface area contributed by atoms with Crippen molar-refractivity contribution in [2.75, 3.05) is 72.6 Å². The zero-order valence-corrected chi connectivity index (χ0v) is 18.1. The number of nitrogens with zero attached hydrogens (tertiary/aromatic N) is 3. The monoisotopic (exact) mass is 381 g/mol. The molecule has 0 bridgehead atoms. The lowest BCUT2D eigenvalue weighted by Gasteiger charge is -2.27. The number of likely N-dealkylation sites (N-methyl/N-ethyl adjacent to an activating group) is 1. The first-order valence-electron chi connectivity index (χ1n) is 11.2. The maximum absolute atomic E-state index is 5.64. The third-order valence-corrected chi connectivity index (χ3v) is 6.09. The van der Waals surface area contributed by atoms with Crippen LogP contribution in [0.15, 0.2) is 4.99 Å². The van der Waals surface area contributed by atoms with Gasteiger partial charge in [0.1, 0.15) is 0 Å². The molecule has 0 atom stereocenters. The zero-order chi connectivity index (χ0) is 19.4. The lowest BCUT2D eigenvalue weighted by atomic mass is 9.83. The summed E-state index contributed by atoms with van der Waals surface area (Å²) in [6, 6.07) is 0. The standard InChI is InChI=1S/C21H43N5O/c1-4-22-20(23-12-15-26-14-8-13-25(3)16-17-26)24-19-21(9-6-7-10-21)11-18-27-5-2/h4-19H2,1-3H3,(H2,22,23,24). The lowest BCUT2D eigenvalue weighted by molar-refractivity contribution is 0.107. The Balaban J connectivity index is 1.79. The number of nitrogens with one attached hydrogen (secondary N) is 2. The van der Waals surface area contributed by atoms with Crippen molar-refractivity contribution in [3.05, 3.63) is 0 Å². The van der Waals surface area contributed by atoms with E-state index in [9.17, 15) is 0 Å². The van der Waals surface area contributed by atoms with Gasteiger partial charge in [-0.25, -0.2) is 0 Å². The van der Waals surface area contributed by atoms with Crippen molar-refractivity contribution in [2.24, 2.45) is 10.4 Å². The number of rotatable bonds is 10. The fraction of sp³-hybridized carbons (Fsp3) is 0.952. The molecule has 0 unspecified atom stereocenters. The van der Waals surface area contributed by atoms with Crippen LogP contribution in [0.1, 0.15) is 52.4 Å². The first-order valence-corrected chi connectivity index (χ1v) is 11.2. The molecule has 0 aromatic rings. The number of ether oxygens (including phenoxy) is 1. The van der Waals surface area contributed by atoms with Crippen molar-refractivity contribution in [1.82, 2.24) is 20.4 Å². The first kappa shape index (κ1) is 22.4. The second-order valence-corrected chi connectivity index (χ2v) is 8.27. The number of hydrogen-bond acceptors (Lipinski definition) is 4. The van der Waals surface area contributed by atoms with Gasteiger partial charge in [0.25, 0.3) is 0 Å². The average Bonchev–Trinajstić information content (AvgIpc) is 3.03. The maximum Gasteiger partial charge on any atom is 0.191 e. The molecule has 27 heavy (non-hydrogen) atoms.